The van der Waals surface area contributed by atoms with Crippen LogP contribution in [0.4, 0.5) is 13.2 Å². The van der Waals surface area contributed by atoms with Crippen LogP contribution in [0.25, 0.3) is 11.0 Å². The molecule has 1 aromatic heterocycles. The van der Waals surface area contributed by atoms with Crippen LogP contribution in [0.15, 0.2) is 30.6 Å². The first-order chi connectivity index (χ1) is 8.55. The van der Waals surface area contributed by atoms with Crippen LogP contribution in [0.1, 0.15) is 0 Å². The predicted molar refractivity (Wildman–Crippen MR) is 57.7 cm³/mol. The third-order valence-corrected chi connectivity index (χ3v) is 2.95. The minimum atomic E-state index is -4.56. The number of fused-ring (bicyclic) bond motifs is 1. The molecule has 1 aliphatic rings. The van der Waals surface area contributed by atoms with Crippen molar-refractivity contribution < 1.29 is 17.9 Å². The molecule has 3 rings (SSSR count). The lowest BCUT2D eigenvalue weighted by Gasteiger charge is -2.32. The van der Waals surface area contributed by atoms with Gasteiger partial charge in [-0.25, -0.2) is 4.98 Å². The van der Waals surface area contributed by atoms with Gasteiger partial charge in [0.2, 0.25) is 0 Å². The predicted octanol–water partition coefficient (Wildman–Crippen LogP) is 1.83. The fourth-order valence-corrected chi connectivity index (χ4v) is 2.15. The number of hydrogen-bond acceptors (Lipinski definition) is 3. The molecule has 0 amide bonds. The van der Waals surface area contributed by atoms with Gasteiger partial charge < -0.3 is 4.74 Å². The minimum Gasteiger partial charge on any atom is -0.334 e. The van der Waals surface area contributed by atoms with E-state index >= 15 is 0 Å². The van der Waals surface area contributed by atoms with Gasteiger partial charge in [0.1, 0.15) is 0 Å². The first-order valence-corrected chi connectivity index (χ1v) is 5.43. The van der Waals surface area contributed by atoms with Gasteiger partial charge in [-0.2, -0.15) is 13.2 Å². The smallest absolute Gasteiger partial charge is 0.334 e. The van der Waals surface area contributed by atoms with Crippen LogP contribution in [-0.4, -0.2) is 28.9 Å². The Morgan fingerprint density at radius 2 is 2.11 bits per heavy atom. The zero-order valence-corrected chi connectivity index (χ0v) is 9.24. The maximum Gasteiger partial charge on any atom is 0.453 e. The molecule has 1 N–H and O–H groups in total. The van der Waals surface area contributed by atoms with E-state index in [1.54, 1.807) is 24.3 Å². The molecule has 1 fully saturated rings. The Morgan fingerprint density at radius 3 is 2.78 bits per heavy atom. The number of aromatic nitrogens is 2. The fraction of sp³-hybridized carbons (Fsp3) is 0.364. The zero-order chi connectivity index (χ0) is 12.8. The minimum absolute atomic E-state index is 0.00597. The second-order valence-corrected chi connectivity index (χ2v) is 4.02. The van der Waals surface area contributed by atoms with Crippen LogP contribution in [-0.2, 0) is 10.6 Å². The van der Waals surface area contributed by atoms with Crippen molar-refractivity contribution in [1.29, 1.82) is 0 Å². The number of nitrogens with one attached hydrogen (secondary N) is 1. The Balaban J connectivity index is 2.22. The summed E-state index contributed by atoms with van der Waals surface area (Å²) >= 11 is 0. The topological polar surface area (TPSA) is 39.1 Å². The molecule has 0 radical (unpaired) electrons. The SMILES string of the molecule is FC(F)(F)C1(n2cnc3ccccc32)NCCO1. The summed E-state index contributed by atoms with van der Waals surface area (Å²) in [6.07, 6.45) is -3.41. The molecule has 1 unspecified atom stereocenters. The van der Waals surface area contributed by atoms with Crippen LogP contribution in [0, 0.1) is 0 Å². The normalized spacial score (nSPS) is 24.8. The quantitative estimate of drug-likeness (QED) is 0.847. The van der Waals surface area contributed by atoms with Gasteiger partial charge in [-0.1, -0.05) is 12.1 Å². The van der Waals surface area contributed by atoms with Crippen LogP contribution >= 0.6 is 0 Å². The molecule has 0 saturated carbocycles. The molecular formula is C11H10F3N3O. The van der Waals surface area contributed by atoms with Gasteiger partial charge in [0.25, 0.3) is 0 Å². The lowest BCUT2D eigenvalue weighted by atomic mass is 10.3. The summed E-state index contributed by atoms with van der Waals surface area (Å²) in [7, 11) is 0. The van der Waals surface area contributed by atoms with Crippen molar-refractivity contribution in [3.05, 3.63) is 30.6 Å². The number of nitrogens with zero attached hydrogens (tertiary/aromatic N) is 2. The van der Waals surface area contributed by atoms with Gasteiger partial charge in [0.15, 0.2) is 0 Å². The molecule has 96 valence electrons. The lowest BCUT2D eigenvalue weighted by Crippen LogP contribution is -2.55. The van der Waals surface area contributed by atoms with Crippen molar-refractivity contribution >= 4 is 11.0 Å². The van der Waals surface area contributed by atoms with Gasteiger partial charge >= 0.3 is 12.0 Å². The lowest BCUT2D eigenvalue weighted by molar-refractivity contribution is -0.309. The Bertz CT molecular complexity index is 572. The Kier molecular flexibility index (Phi) is 2.36. The van der Waals surface area contributed by atoms with E-state index in [0.29, 0.717) is 11.0 Å². The van der Waals surface area contributed by atoms with E-state index in [9.17, 15) is 13.2 Å². The highest BCUT2D eigenvalue weighted by Crippen LogP contribution is 2.39. The molecule has 1 atom stereocenters. The first kappa shape index (κ1) is 11.5. The second-order valence-electron chi connectivity index (χ2n) is 4.02. The highest BCUT2D eigenvalue weighted by atomic mass is 19.4. The molecule has 4 nitrogen and oxygen atoms in total. The molecule has 2 aromatic rings. The van der Waals surface area contributed by atoms with Crippen molar-refractivity contribution in [2.45, 2.75) is 12.0 Å². The van der Waals surface area contributed by atoms with E-state index in [1.807, 2.05) is 0 Å². The molecule has 0 spiro atoms. The van der Waals surface area contributed by atoms with E-state index in [1.165, 1.54) is 0 Å². The zero-order valence-electron chi connectivity index (χ0n) is 9.24. The van der Waals surface area contributed by atoms with E-state index in [-0.39, 0.29) is 13.2 Å². The highest BCUT2D eigenvalue weighted by molar-refractivity contribution is 5.75. The highest BCUT2D eigenvalue weighted by Gasteiger charge is 2.60. The van der Waals surface area contributed by atoms with E-state index < -0.39 is 12.0 Å². The number of para-hydroxylation sites is 2. The van der Waals surface area contributed by atoms with Crippen molar-refractivity contribution in [2.24, 2.45) is 0 Å². The summed E-state index contributed by atoms with van der Waals surface area (Å²) in [4.78, 5) is 3.96. The van der Waals surface area contributed by atoms with Gasteiger partial charge in [0, 0.05) is 6.54 Å². The molecule has 1 aliphatic heterocycles. The average Bonchev–Trinajstić information content (AvgIpc) is 2.94. The van der Waals surface area contributed by atoms with Crippen molar-refractivity contribution in [1.82, 2.24) is 14.9 Å². The number of ether oxygens (including phenoxy) is 1. The number of imidazole rings is 1. The van der Waals surface area contributed by atoms with Crippen LogP contribution in [0.3, 0.4) is 0 Å². The van der Waals surface area contributed by atoms with Crippen molar-refractivity contribution in [2.75, 3.05) is 13.2 Å². The summed E-state index contributed by atoms with van der Waals surface area (Å²) in [5.74, 6) is -2.51. The van der Waals surface area contributed by atoms with E-state index in [2.05, 4.69) is 10.3 Å². The monoisotopic (exact) mass is 257 g/mol. The molecule has 1 aromatic carbocycles. The van der Waals surface area contributed by atoms with E-state index in [0.717, 1.165) is 10.9 Å². The molecule has 18 heavy (non-hydrogen) atoms. The van der Waals surface area contributed by atoms with Crippen molar-refractivity contribution in [3.8, 4) is 0 Å². The van der Waals surface area contributed by atoms with Crippen LogP contribution in [0.2, 0.25) is 0 Å². The Morgan fingerprint density at radius 1 is 1.33 bits per heavy atom. The summed E-state index contributed by atoms with van der Waals surface area (Å²) in [5.41, 5.74) is 0.877. The van der Waals surface area contributed by atoms with Gasteiger partial charge in [-0.15, -0.1) is 0 Å². The number of alkyl halides is 3. The molecular weight excluding hydrogens is 247 g/mol. The summed E-state index contributed by atoms with van der Waals surface area (Å²) in [6.45, 7) is 0.151. The Hall–Kier alpha value is -1.60. The largest absolute Gasteiger partial charge is 0.453 e. The second kappa shape index (κ2) is 3.69. The van der Waals surface area contributed by atoms with Gasteiger partial charge in [0.05, 0.1) is 24.0 Å². The standard InChI is InChI=1S/C11H10F3N3O/c12-10(13,14)11(16-5-6-18-11)17-7-15-8-3-1-2-4-9(8)17/h1-4,7,16H,5-6H2. The average molecular weight is 257 g/mol. The third kappa shape index (κ3) is 1.44. The Labute approximate surface area is 100 Å². The number of halogens is 3. The van der Waals surface area contributed by atoms with Crippen LogP contribution in [0.5, 0.6) is 0 Å². The molecule has 0 aliphatic carbocycles. The first-order valence-electron chi connectivity index (χ1n) is 5.43. The van der Waals surface area contributed by atoms with Gasteiger partial charge in [-0.05, 0) is 12.1 Å². The molecule has 2 heterocycles. The maximum atomic E-state index is 13.3. The summed E-state index contributed by atoms with van der Waals surface area (Å²) in [5, 5.41) is 2.38. The number of benzene rings is 1. The summed E-state index contributed by atoms with van der Waals surface area (Å²) in [6, 6.07) is 6.63. The molecule has 7 heteroatoms. The number of rotatable bonds is 1. The molecule has 0 bridgehead atoms. The summed E-state index contributed by atoms with van der Waals surface area (Å²) < 4.78 is 45.8. The molecule has 1 saturated heterocycles. The van der Waals surface area contributed by atoms with Crippen molar-refractivity contribution in [3.63, 3.8) is 0 Å². The number of hydrogen-bond donors (Lipinski definition) is 1. The maximum absolute atomic E-state index is 13.3. The van der Waals surface area contributed by atoms with Crippen LogP contribution < -0.4 is 5.32 Å². The van der Waals surface area contributed by atoms with E-state index in [4.69, 9.17) is 4.74 Å². The third-order valence-electron chi connectivity index (χ3n) is 2.95. The fourth-order valence-electron chi connectivity index (χ4n) is 2.15. The van der Waals surface area contributed by atoms with Gasteiger partial charge in [-0.3, -0.25) is 9.88 Å².